The first-order chi connectivity index (χ1) is 4.88. The van der Waals surface area contributed by atoms with Crippen molar-refractivity contribution in [1.82, 2.24) is 0 Å². The number of benzene rings is 1. The van der Waals surface area contributed by atoms with Gasteiger partial charge in [-0.1, -0.05) is 29.8 Å². The Labute approximate surface area is 64.6 Å². The molecule has 0 aliphatic carbocycles. The Hall–Kier alpha value is -0.530. The number of ether oxygens (including phenoxy) is 1. The van der Waals surface area contributed by atoms with Crippen molar-refractivity contribution in [1.29, 1.82) is 0 Å². The minimum absolute atomic E-state index is 0.272. The van der Waals surface area contributed by atoms with Crippen molar-refractivity contribution in [2.24, 2.45) is 0 Å². The van der Waals surface area contributed by atoms with Crippen LogP contribution in [0.1, 0.15) is 11.7 Å². The summed E-state index contributed by atoms with van der Waals surface area (Å²) in [5.74, 6) is 0. The molecule has 1 aromatic rings. The minimum atomic E-state index is 0.272. The summed E-state index contributed by atoms with van der Waals surface area (Å²) in [6.07, 6.45) is 0.272. The van der Waals surface area contributed by atoms with Crippen LogP contribution >= 0.6 is 11.6 Å². The number of epoxide rings is 1. The average Bonchev–Trinajstić information content (AvgIpc) is 2.71. The van der Waals surface area contributed by atoms with E-state index in [2.05, 4.69) is 0 Å². The van der Waals surface area contributed by atoms with Gasteiger partial charge >= 0.3 is 0 Å². The summed E-state index contributed by atoms with van der Waals surface area (Å²) in [7, 11) is 0. The van der Waals surface area contributed by atoms with E-state index in [1.165, 1.54) is 0 Å². The van der Waals surface area contributed by atoms with Gasteiger partial charge in [-0.2, -0.15) is 0 Å². The second-order valence-electron chi connectivity index (χ2n) is 2.34. The molecule has 0 aromatic heterocycles. The maximum Gasteiger partial charge on any atom is 0.107 e. The second kappa shape index (κ2) is 2.26. The Bertz CT molecular complexity index is 243. The topological polar surface area (TPSA) is 12.5 Å². The molecular weight excluding hydrogens is 148 g/mol. The Morgan fingerprint density at radius 2 is 2.10 bits per heavy atom. The molecule has 1 aliphatic heterocycles. The number of hydrogen-bond donors (Lipinski definition) is 0. The highest BCUT2D eigenvalue weighted by Crippen LogP contribution is 2.34. The Morgan fingerprint density at radius 3 is 2.70 bits per heavy atom. The summed E-state index contributed by atoms with van der Waals surface area (Å²) < 4.78 is 5.09. The van der Waals surface area contributed by atoms with Crippen LogP contribution in [0.4, 0.5) is 0 Å². The van der Waals surface area contributed by atoms with Gasteiger partial charge in [0.05, 0.1) is 6.61 Å². The van der Waals surface area contributed by atoms with Crippen molar-refractivity contribution < 1.29 is 4.74 Å². The molecule has 1 saturated heterocycles. The Morgan fingerprint density at radius 1 is 1.40 bits per heavy atom. The first-order valence-electron chi connectivity index (χ1n) is 3.24. The molecule has 1 aromatic carbocycles. The molecule has 0 saturated carbocycles. The SMILES string of the molecule is Clc1ccccc1[C@@H]1CO1. The van der Waals surface area contributed by atoms with E-state index in [1.807, 2.05) is 24.3 Å². The smallest absolute Gasteiger partial charge is 0.107 e. The molecule has 0 spiro atoms. The van der Waals surface area contributed by atoms with Crippen LogP contribution in [0.25, 0.3) is 0 Å². The van der Waals surface area contributed by atoms with Crippen LogP contribution in [0.2, 0.25) is 5.02 Å². The fourth-order valence-electron chi connectivity index (χ4n) is 0.964. The molecule has 0 bridgehead atoms. The Balaban J connectivity index is 2.39. The van der Waals surface area contributed by atoms with E-state index in [9.17, 15) is 0 Å². The zero-order valence-corrected chi connectivity index (χ0v) is 6.14. The fraction of sp³-hybridized carbons (Fsp3) is 0.250. The van der Waals surface area contributed by atoms with Crippen LogP contribution in [0.5, 0.6) is 0 Å². The zero-order valence-electron chi connectivity index (χ0n) is 5.38. The number of hydrogen-bond acceptors (Lipinski definition) is 1. The van der Waals surface area contributed by atoms with Crippen molar-refractivity contribution in [2.75, 3.05) is 6.61 Å². The van der Waals surface area contributed by atoms with Gasteiger partial charge < -0.3 is 4.74 Å². The molecular formula is C8H7ClO. The van der Waals surface area contributed by atoms with Gasteiger partial charge in [-0.25, -0.2) is 0 Å². The summed E-state index contributed by atoms with van der Waals surface area (Å²) in [4.78, 5) is 0. The van der Waals surface area contributed by atoms with Crippen molar-refractivity contribution in [3.8, 4) is 0 Å². The molecule has 1 atom stereocenters. The van der Waals surface area contributed by atoms with Crippen LogP contribution in [0, 0.1) is 0 Å². The third-order valence-corrected chi connectivity index (χ3v) is 1.93. The second-order valence-corrected chi connectivity index (χ2v) is 2.75. The van der Waals surface area contributed by atoms with Crippen molar-refractivity contribution in [3.05, 3.63) is 34.9 Å². The van der Waals surface area contributed by atoms with E-state index in [1.54, 1.807) is 0 Å². The standard InChI is InChI=1S/C8H7ClO/c9-7-4-2-1-3-6(7)8-5-10-8/h1-4,8H,5H2/t8-/m0/s1. The first-order valence-corrected chi connectivity index (χ1v) is 3.62. The van der Waals surface area contributed by atoms with Crippen LogP contribution in [0.15, 0.2) is 24.3 Å². The average molecular weight is 155 g/mol. The summed E-state index contributed by atoms with van der Waals surface area (Å²) in [5.41, 5.74) is 1.11. The maximum absolute atomic E-state index is 5.88. The van der Waals surface area contributed by atoms with Crippen LogP contribution in [0.3, 0.4) is 0 Å². The highest BCUT2D eigenvalue weighted by molar-refractivity contribution is 6.31. The van der Waals surface area contributed by atoms with Gasteiger partial charge in [-0.3, -0.25) is 0 Å². The maximum atomic E-state index is 5.88. The summed E-state index contributed by atoms with van der Waals surface area (Å²) in [5, 5.41) is 0.810. The largest absolute Gasteiger partial charge is 0.368 e. The molecule has 1 heterocycles. The van der Waals surface area contributed by atoms with Gasteiger partial charge in [0.15, 0.2) is 0 Å². The third-order valence-electron chi connectivity index (χ3n) is 1.59. The number of rotatable bonds is 1. The molecule has 1 fully saturated rings. The van der Waals surface area contributed by atoms with Crippen LogP contribution in [-0.2, 0) is 4.74 Å². The molecule has 1 aliphatic rings. The monoisotopic (exact) mass is 154 g/mol. The minimum Gasteiger partial charge on any atom is -0.368 e. The molecule has 1 nitrogen and oxygen atoms in total. The molecule has 10 heavy (non-hydrogen) atoms. The highest BCUT2D eigenvalue weighted by Gasteiger charge is 2.26. The summed E-state index contributed by atoms with van der Waals surface area (Å²) in [6, 6.07) is 7.79. The van der Waals surface area contributed by atoms with Gasteiger partial charge in [0.25, 0.3) is 0 Å². The normalized spacial score (nSPS) is 22.7. The van der Waals surface area contributed by atoms with Crippen molar-refractivity contribution >= 4 is 11.6 Å². The molecule has 0 unspecified atom stereocenters. The van der Waals surface area contributed by atoms with E-state index in [4.69, 9.17) is 16.3 Å². The van der Waals surface area contributed by atoms with E-state index < -0.39 is 0 Å². The van der Waals surface area contributed by atoms with Crippen LogP contribution < -0.4 is 0 Å². The third kappa shape index (κ3) is 1.02. The van der Waals surface area contributed by atoms with Gasteiger partial charge in [0.1, 0.15) is 6.10 Å². The summed E-state index contributed by atoms with van der Waals surface area (Å²) in [6.45, 7) is 0.823. The van der Waals surface area contributed by atoms with Crippen LogP contribution in [-0.4, -0.2) is 6.61 Å². The van der Waals surface area contributed by atoms with Gasteiger partial charge in [-0.05, 0) is 6.07 Å². The zero-order chi connectivity index (χ0) is 6.97. The molecule has 0 radical (unpaired) electrons. The fourth-order valence-corrected chi connectivity index (χ4v) is 1.22. The predicted octanol–water partition coefficient (Wildman–Crippen LogP) is 2.41. The lowest BCUT2D eigenvalue weighted by Crippen LogP contribution is -1.79. The lowest BCUT2D eigenvalue weighted by Gasteiger charge is -1.96. The summed E-state index contributed by atoms with van der Waals surface area (Å²) >= 11 is 5.88. The first kappa shape index (κ1) is 6.20. The van der Waals surface area contributed by atoms with E-state index in [0.717, 1.165) is 17.2 Å². The molecule has 52 valence electrons. The lowest BCUT2D eigenvalue weighted by atomic mass is 10.2. The van der Waals surface area contributed by atoms with E-state index in [-0.39, 0.29) is 6.10 Å². The van der Waals surface area contributed by atoms with Gasteiger partial charge in [0.2, 0.25) is 0 Å². The Kier molecular flexibility index (Phi) is 1.40. The lowest BCUT2D eigenvalue weighted by molar-refractivity contribution is 0.416. The molecule has 2 heteroatoms. The van der Waals surface area contributed by atoms with E-state index in [0.29, 0.717) is 0 Å². The molecule has 2 rings (SSSR count). The van der Waals surface area contributed by atoms with E-state index >= 15 is 0 Å². The molecule has 0 N–H and O–H groups in total. The molecule has 0 amide bonds. The highest BCUT2D eigenvalue weighted by atomic mass is 35.5. The predicted molar refractivity (Wildman–Crippen MR) is 40.1 cm³/mol. The van der Waals surface area contributed by atoms with Crippen molar-refractivity contribution in [2.45, 2.75) is 6.10 Å². The van der Waals surface area contributed by atoms with Crippen molar-refractivity contribution in [3.63, 3.8) is 0 Å². The van der Waals surface area contributed by atoms with Gasteiger partial charge in [0, 0.05) is 10.6 Å². The van der Waals surface area contributed by atoms with Gasteiger partial charge in [-0.15, -0.1) is 0 Å². The number of halogens is 1. The quantitative estimate of drug-likeness (QED) is 0.566.